The monoisotopic (exact) mass is 558 g/mol. The molecule has 1 saturated heterocycles. The van der Waals surface area contributed by atoms with E-state index in [0.717, 1.165) is 22.9 Å². The molecule has 0 bridgehead atoms. The van der Waals surface area contributed by atoms with Gasteiger partial charge in [-0.1, -0.05) is 62.0 Å². The minimum absolute atomic E-state index is 0. The van der Waals surface area contributed by atoms with E-state index in [9.17, 15) is 14.2 Å². The van der Waals surface area contributed by atoms with Crippen LogP contribution in [0, 0.1) is 0 Å². The van der Waals surface area contributed by atoms with E-state index in [-0.39, 0.29) is 36.6 Å². The Morgan fingerprint density at radius 1 is 1.11 bits per heavy atom. The molecule has 1 aliphatic rings. The fraction of sp³-hybridized carbons (Fsp3) is 0.440. The Bertz CT molecular complexity index is 1060. The van der Waals surface area contributed by atoms with Crippen LogP contribution in [0.5, 0.6) is 5.75 Å². The van der Waals surface area contributed by atoms with Gasteiger partial charge in [0.2, 0.25) is 0 Å². The minimum atomic E-state index is -3.75. The molecule has 0 radical (unpaired) electrons. The summed E-state index contributed by atoms with van der Waals surface area (Å²) < 4.78 is 39.7. The number of carbonyl (C=O) groups excluding carboxylic acids is 2. The molecule has 0 aliphatic carbocycles. The van der Waals surface area contributed by atoms with Crippen LogP contribution in [0.1, 0.15) is 44.4 Å². The first kappa shape index (κ1) is 30.5. The second-order valence-corrected chi connectivity index (χ2v) is 11.2. The summed E-state index contributed by atoms with van der Waals surface area (Å²) in [6.07, 6.45) is -0.603. The average molecular weight is 559 g/mol. The maximum atomic E-state index is 12.4. The quantitative estimate of drug-likeness (QED) is 0.157. The molecule has 0 aromatic heterocycles. The highest BCUT2D eigenvalue weighted by atomic mass is 35.5. The van der Waals surface area contributed by atoms with Crippen molar-refractivity contribution in [3.05, 3.63) is 64.7 Å². The number of ketones is 1. The van der Waals surface area contributed by atoms with E-state index in [2.05, 4.69) is 0 Å². The highest BCUT2D eigenvalue weighted by Crippen LogP contribution is 2.49. The highest BCUT2D eigenvalue weighted by molar-refractivity contribution is 8.15. The largest absolute Gasteiger partial charge is 0.491 e. The molecule has 3 unspecified atom stereocenters. The standard InChI is InChI=1S/C24H28ClO8PS.CH4/c1-4-24(33-34(28,29-2)30-3)32-21(17-6-5-7-18(25)13-17)15-31-19-10-8-16(9-11-19)12-22-20(26)14-23(27)35-22;/h5-11,13,21-22,24H,4,12,14-15H2,1-3H3;1H4. The topological polar surface area (TPSA) is 97.4 Å². The molecule has 11 heteroatoms. The number of halogens is 1. The summed E-state index contributed by atoms with van der Waals surface area (Å²) in [4.78, 5) is 23.4. The van der Waals surface area contributed by atoms with E-state index in [1.165, 1.54) is 14.2 Å². The molecule has 0 N–H and O–H groups in total. The van der Waals surface area contributed by atoms with E-state index < -0.39 is 20.2 Å². The zero-order valence-corrected chi connectivity index (χ0v) is 22.1. The number of phosphoric acid groups is 1. The number of ether oxygens (including phenoxy) is 2. The Kier molecular flexibility index (Phi) is 12.1. The lowest BCUT2D eigenvalue weighted by Crippen LogP contribution is -2.23. The number of rotatable bonds is 13. The van der Waals surface area contributed by atoms with Crippen molar-refractivity contribution in [2.45, 2.75) is 51.3 Å². The number of carbonyl (C=O) groups is 2. The van der Waals surface area contributed by atoms with Gasteiger partial charge in [-0.05, 0) is 48.2 Å². The predicted molar refractivity (Wildman–Crippen MR) is 140 cm³/mol. The first-order valence-corrected chi connectivity index (χ1v) is 13.7. The molecular weight excluding hydrogens is 527 g/mol. The number of Topliss-reactive ketones (excluding diaryl/α,β-unsaturated/α-hetero) is 1. The highest BCUT2D eigenvalue weighted by Gasteiger charge is 2.32. The van der Waals surface area contributed by atoms with Crippen molar-refractivity contribution < 1.29 is 37.2 Å². The Morgan fingerprint density at radius 3 is 2.36 bits per heavy atom. The predicted octanol–water partition coefficient (Wildman–Crippen LogP) is 6.41. The third-order valence-corrected chi connectivity index (χ3v) is 8.01. The average Bonchev–Trinajstić information content (AvgIpc) is 3.17. The molecule has 2 aromatic rings. The van der Waals surface area contributed by atoms with Crippen LogP contribution < -0.4 is 4.74 Å². The zero-order valence-electron chi connectivity index (χ0n) is 19.7. The van der Waals surface area contributed by atoms with Crippen LogP contribution in [-0.4, -0.2) is 43.3 Å². The summed E-state index contributed by atoms with van der Waals surface area (Å²) in [6, 6.07) is 14.5. The summed E-state index contributed by atoms with van der Waals surface area (Å²) in [5.74, 6) is 0.570. The first-order valence-electron chi connectivity index (χ1n) is 11.0. The molecule has 198 valence electrons. The number of hydrogen-bond acceptors (Lipinski definition) is 9. The van der Waals surface area contributed by atoms with E-state index in [1.807, 2.05) is 25.1 Å². The fourth-order valence-electron chi connectivity index (χ4n) is 3.39. The number of hydrogen-bond donors (Lipinski definition) is 0. The van der Waals surface area contributed by atoms with Gasteiger partial charge in [0.05, 0.1) is 11.7 Å². The van der Waals surface area contributed by atoms with E-state index in [0.29, 0.717) is 23.6 Å². The van der Waals surface area contributed by atoms with Crippen molar-refractivity contribution in [2.24, 2.45) is 0 Å². The van der Waals surface area contributed by atoms with Crippen LogP contribution in [0.4, 0.5) is 0 Å². The lowest BCUT2D eigenvalue weighted by atomic mass is 10.1. The summed E-state index contributed by atoms with van der Waals surface area (Å²) in [5.41, 5.74) is 1.69. The van der Waals surface area contributed by atoms with Gasteiger partial charge in [0.25, 0.3) is 0 Å². The van der Waals surface area contributed by atoms with Gasteiger partial charge in [-0.15, -0.1) is 0 Å². The molecule has 3 atom stereocenters. The molecule has 8 nitrogen and oxygen atoms in total. The minimum Gasteiger partial charge on any atom is -0.491 e. The molecule has 0 spiro atoms. The van der Waals surface area contributed by atoms with Gasteiger partial charge in [0, 0.05) is 19.2 Å². The molecule has 1 fully saturated rings. The Morgan fingerprint density at radius 2 is 1.81 bits per heavy atom. The second-order valence-electron chi connectivity index (χ2n) is 7.72. The normalized spacial score (nSPS) is 17.5. The van der Waals surface area contributed by atoms with Gasteiger partial charge >= 0.3 is 7.82 Å². The van der Waals surface area contributed by atoms with E-state index >= 15 is 0 Å². The maximum Gasteiger partial charge on any atom is 0.476 e. The zero-order chi connectivity index (χ0) is 25.4. The van der Waals surface area contributed by atoms with Crippen molar-refractivity contribution in [1.29, 1.82) is 0 Å². The lowest BCUT2D eigenvalue weighted by molar-refractivity contribution is -0.142. The Balaban J connectivity index is 0.00000456. The van der Waals surface area contributed by atoms with Crippen LogP contribution in [0.3, 0.4) is 0 Å². The molecule has 3 rings (SSSR count). The van der Waals surface area contributed by atoms with Crippen molar-refractivity contribution in [1.82, 2.24) is 0 Å². The van der Waals surface area contributed by atoms with Gasteiger partial charge in [0.1, 0.15) is 18.5 Å². The molecule has 0 saturated carbocycles. The van der Waals surface area contributed by atoms with Crippen molar-refractivity contribution in [3.8, 4) is 5.75 Å². The van der Waals surface area contributed by atoms with Crippen molar-refractivity contribution >= 4 is 42.1 Å². The SMILES string of the molecule is C.CCC(OC(COc1ccc(CC2SC(=O)CC2=O)cc1)c1cccc(Cl)c1)OP(=O)(OC)OC. The van der Waals surface area contributed by atoms with Crippen LogP contribution in [0.25, 0.3) is 0 Å². The van der Waals surface area contributed by atoms with Gasteiger partial charge in [-0.3, -0.25) is 23.2 Å². The fourth-order valence-corrected chi connectivity index (χ4v) is 5.43. The first-order chi connectivity index (χ1) is 16.7. The van der Waals surface area contributed by atoms with Gasteiger partial charge < -0.3 is 9.47 Å². The summed E-state index contributed by atoms with van der Waals surface area (Å²) in [6.45, 7) is 1.94. The Labute approximate surface area is 221 Å². The van der Waals surface area contributed by atoms with Crippen LogP contribution in [0.15, 0.2) is 48.5 Å². The third kappa shape index (κ3) is 8.70. The van der Waals surface area contributed by atoms with Crippen LogP contribution >= 0.6 is 31.2 Å². The number of thioether (sulfide) groups is 1. The molecule has 1 aliphatic heterocycles. The maximum absolute atomic E-state index is 12.4. The summed E-state index contributed by atoms with van der Waals surface area (Å²) >= 11 is 7.28. The van der Waals surface area contributed by atoms with Gasteiger partial charge in [-0.2, -0.15) is 0 Å². The van der Waals surface area contributed by atoms with Crippen molar-refractivity contribution in [3.63, 3.8) is 0 Å². The molecule has 36 heavy (non-hydrogen) atoms. The third-order valence-electron chi connectivity index (χ3n) is 5.26. The smallest absolute Gasteiger partial charge is 0.476 e. The molecular formula is C25H32ClO8PS. The number of benzene rings is 2. The van der Waals surface area contributed by atoms with Gasteiger partial charge in [-0.25, -0.2) is 4.57 Å². The summed E-state index contributed by atoms with van der Waals surface area (Å²) in [5, 5.41) is 0.136. The van der Waals surface area contributed by atoms with Crippen molar-refractivity contribution in [2.75, 3.05) is 20.8 Å². The summed E-state index contributed by atoms with van der Waals surface area (Å²) in [7, 11) is -1.29. The van der Waals surface area contributed by atoms with Crippen LogP contribution in [0.2, 0.25) is 5.02 Å². The number of phosphoric ester groups is 1. The lowest BCUT2D eigenvalue weighted by Gasteiger charge is -2.26. The van der Waals surface area contributed by atoms with E-state index in [1.54, 1.807) is 30.3 Å². The van der Waals surface area contributed by atoms with Crippen LogP contribution in [-0.2, 0) is 38.9 Å². The Hall–Kier alpha value is -1.71. The molecule has 1 heterocycles. The molecule has 2 aromatic carbocycles. The van der Waals surface area contributed by atoms with E-state index in [4.69, 9.17) is 34.6 Å². The second kappa shape index (κ2) is 14.3. The van der Waals surface area contributed by atoms with Gasteiger partial charge in [0.15, 0.2) is 17.2 Å². The molecule has 0 amide bonds.